The fourth-order valence-electron chi connectivity index (χ4n) is 2.25. The van der Waals surface area contributed by atoms with Gasteiger partial charge < -0.3 is 20.5 Å². The summed E-state index contributed by atoms with van der Waals surface area (Å²) >= 11 is 0. The topological polar surface area (TPSA) is 73.6 Å². The average Bonchev–Trinajstić information content (AvgIpc) is 2.56. The van der Waals surface area contributed by atoms with Gasteiger partial charge in [-0.3, -0.25) is 4.79 Å². The third-order valence-corrected chi connectivity index (χ3v) is 3.49. The zero-order valence-corrected chi connectivity index (χ0v) is 15.4. The van der Waals surface area contributed by atoms with E-state index in [0.29, 0.717) is 37.5 Å². The normalized spacial score (nSPS) is 9.84. The number of carbonyl (C=O) groups is 1. The standard InChI is InChI=1S/C19H24N2O3.ClH/c1-3-23-17-7-4-5-8-18(17)24-12-6-9-19(22)21-16-13-15(20)11-10-14(16)2;/h4-5,7-8,10-11,13H,3,6,9,12,20H2,1-2H3,(H,21,22);1H. The fraction of sp³-hybridized carbons (Fsp3) is 0.316. The molecule has 2 aromatic rings. The van der Waals surface area contributed by atoms with Gasteiger partial charge in [0.2, 0.25) is 5.91 Å². The quantitative estimate of drug-likeness (QED) is 0.544. The van der Waals surface area contributed by atoms with Crippen molar-refractivity contribution in [1.29, 1.82) is 0 Å². The first-order valence-corrected chi connectivity index (χ1v) is 8.10. The lowest BCUT2D eigenvalue weighted by Crippen LogP contribution is -2.14. The lowest BCUT2D eigenvalue weighted by atomic mass is 10.1. The van der Waals surface area contributed by atoms with Gasteiger partial charge in [-0.2, -0.15) is 0 Å². The number of hydrogen-bond donors (Lipinski definition) is 2. The molecule has 0 aliphatic heterocycles. The number of para-hydroxylation sites is 2. The second kappa shape index (κ2) is 10.5. The number of hydrogen-bond acceptors (Lipinski definition) is 4. The molecule has 136 valence electrons. The number of anilines is 2. The Labute approximate surface area is 154 Å². The molecule has 0 radical (unpaired) electrons. The van der Waals surface area contributed by atoms with Crippen LogP contribution in [0.4, 0.5) is 11.4 Å². The molecule has 0 heterocycles. The van der Waals surface area contributed by atoms with Gasteiger partial charge in [0.25, 0.3) is 0 Å². The number of halogens is 1. The highest BCUT2D eigenvalue weighted by atomic mass is 35.5. The van der Waals surface area contributed by atoms with Crippen LogP contribution in [-0.2, 0) is 4.79 Å². The van der Waals surface area contributed by atoms with Gasteiger partial charge in [-0.25, -0.2) is 0 Å². The van der Waals surface area contributed by atoms with Crippen LogP contribution in [-0.4, -0.2) is 19.1 Å². The summed E-state index contributed by atoms with van der Waals surface area (Å²) in [4.78, 5) is 12.0. The molecule has 0 aromatic heterocycles. The van der Waals surface area contributed by atoms with E-state index in [1.54, 1.807) is 6.07 Å². The van der Waals surface area contributed by atoms with Crippen molar-refractivity contribution in [2.75, 3.05) is 24.3 Å². The summed E-state index contributed by atoms with van der Waals surface area (Å²) in [7, 11) is 0. The minimum absolute atomic E-state index is 0. The number of nitrogens with two attached hydrogens (primary N) is 1. The third kappa shape index (κ3) is 6.55. The maximum Gasteiger partial charge on any atom is 0.224 e. The van der Waals surface area contributed by atoms with E-state index in [4.69, 9.17) is 15.2 Å². The van der Waals surface area contributed by atoms with Crippen LogP contribution in [0.25, 0.3) is 0 Å². The van der Waals surface area contributed by atoms with Crippen molar-refractivity contribution in [2.24, 2.45) is 0 Å². The Kier molecular flexibility index (Phi) is 8.64. The Morgan fingerprint density at radius 1 is 1.12 bits per heavy atom. The van der Waals surface area contributed by atoms with E-state index in [-0.39, 0.29) is 18.3 Å². The van der Waals surface area contributed by atoms with Crippen LogP contribution in [0.15, 0.2) is 42.5 Å². The molecule has 0 saturated heterocycles. The highest BCUT2D eigenvalue weighted by Gasteiger charge is 2.07. The summed E-state index contributed by atoms with van der Waals surface area (Å²) in [6, 6.07) is 13.0. The predicted molar refractivity (Wildman–Crippen MR) is 104 cm³/mol. The molecule has 3 N–H and O–H groups in total. The fourth-order valence-corrected chi connectivity index (χ4v) is 2.25. The van der Waals surface area contributed by atoms with Gasteiger partial charge in [-0.05, 0) is 50.1 Å². The van der Waals surface area contributed by atoms with Crippen LogP contribution in [0.1, 0.15) is 25.3 Å². The minimum atomic E-state index is -0.0506. The zero-order valence-electron chi connectivity index (χ0n) is 14.6. The molecule has 2 aromatic carbocycles. The average molecular weight is 365 g/mol. The molecular formula is C19H25ClN2O3. The van der Waals surface area contributed by atoms with Crippen LogP contribution < -0.4 is 20.5 Å². The molecule has 0 bridgehead atoms. The van der Waals surface area contributed by atoms with Crippen molar-refractivity contribution >= 4 is 29.7 Å². The smallest absolute Gasteiger partial charge is 0.224 e. The van der Waals surface area contributed by atoms with Crippen molar-refractivity contribution in [1.82, 2.24) is 0 Å². The Balaban J connectivity index is 0.00000312. The Hall–Kier alpha value is -2.40. The van der Waals surface area contributed by atoms with Crippen molar-refractivity contribution < 1.29 is 14.3 Å². The van der Waals surface area contributed by atoms with Crippen molar-refractivity contribution in [3.63, 3.8) is 0 Å². The first kappa shape index (κ1) is 20.6. The third-order valence-electron chi connectivity index (χ3n) is 3.49. The van der Waals surface area contributed by atoms with E-state index in [2.05, 4.69) is 5.32 Å². The molecule has 0 spiro atoms. The number of carbonyl (C=O) groups excluding carboxylic acids is 1. The number of nitrogen functional groups attached to an aromatic ring is 1. The number of amides is 1. The summed E-state index contributed by atoms with van der Waals surface area (Å²) in [5.41, 5.74) is 8.11. The molecule has 5 nitrogen and oxygen atoms in total. The number of nitrogens with one attached hydrogen (secondary N) is 1. The number of rotatable bonds is 8. The van der Waals surface area contributed by atoms with Crippen molar-refractivity contribution in [3.05, 3.63) is 48.0 Å². The SMILES string of the molecule is CCOc1ccccc1OCCCC(=O)Nc1cc(N)ccc1C.Cl. The van der Waals surface area contributed by atoms with Crippen LogP contribution >= 0.6 is 12.4 Å². The van der Waals surface area contributed by atoms with Gasteiger partial charge in [0, 0.05) is 17.8 Å². The summed E-state index contributed by atoms with van der Waals surface area (Å²) in [5, 5.41) is 2.88. The second-order valence-electron chi connectivity index (χ2n) is 5.45. The highest BCUT2D eigenvalue weighted by Crippen LogP contribution is 2.26. The summed E-state index contributed by atoms with van der Waals surface area (Å²) in [6.07, 6.45) is 0.999. The molecule has 0 fully saturated rings. The first-order valence-electron chi connectivity index (χ1n) is 8.10. The van der Waals surface area contributed by atoms with Gasteiger partial charge >= 0.3 is 0 Å². The van der Waals surface area contributed by atoms with Crippen molar-refractivity contribution in [3.8, 4) is 11.5 Å². The predicted octanol–water partition coefficient (Wildman–Crippen LogP) is 4.20. The van der Waals surface area contributed by atoms with Gasteiger partial charge in [0.1, 0.15) is 0 Å². The molecule has 0 atom stereocenters. The molecule has 1 amide bonds. The van der Waals surface area contributed by atoms with E-state index >= 15 is 0 Å². The summed E-state index contributed by atoms with van der Waals surface area (Å²) < 4.78 is 11.2. The molecule has 6 heteroatoms. The van der Waals surface area contributed by atoms with Gasteiger partial charge in [-0.15, -0.1) is 12.4 Å². The molecular weight excluding hydrogens is 340 g/mol. The molecule has 0 aliphatic carbocycles. The van der Waals surface area contributed by atoms with Gasteiger partial charge in [0.05, 0.1) is 13.2 Å². The van der Waals surface area contributed by atoms with E-state index in [1.165, 1.54) is 0 Å². The monoisotopic (exact) mass is 364 g/mol. The minimum Gasteiger partial charge on any atom is -0.490 e. The molecule has 25 heavy (non-hydrogen) atoms. The Morgan fingerprint density at radius 2 is 1.80 bits per heavy atom. The number of ether oxygens (including phenoxy) is 2. The first-order chi connectivity index (χ1) is 11.6. The van der Waals surface area contributed by atoms with E-state index in [0.717, 1.165) is 17.0 Å². The molecule has 2 rings (SSSR count). The van der Waals surface area contributed by atoms with Gasteiger partial charge in [-0.1, -0.05) is 18.2 Å². The Bertz CT molecular complexity index is 692. The molecule has 0 saturated carbocycles. The van der Waals surface area contributed by atoms with Crippen LogP contribution in [0.2, 0.25) is 0 Å². The van der Waals surface area contributed by atoms with Gasteiger partial charge in [0.15, 0.2) is 11.5 Å². The number of benzene rings is 2. The van der Waals surface area contributed by atoms with E-state index in [1.807, 2.05) is 50.2 Å². The molecule has 0 unspecified atom stereocenters. The summed E-state index contributed by atoms with van der Waals surface area (Å²) in [6.45, 7) is 4.90. The highest BCUT2D eigenvalue weighted by molar-refractivity contribution is 5.92. The largest absolute Gasteiger partial charge is 0.490 e. The lowest BCUT2D eigenvalue weighted by Gasteiger charge is -2.12. The Morgan fingerprint density at radius 3 is 2.48 bits per heavy atom. The maximum absolute atomic E-state index is 12.0. The summed E-state index contributed by atoms with van der Waals surface area (Å²) in [5.74, 6) is 1.37. The van der Waals surface area contributed by atoms with Crippen LogP contribution in [0.3, 0.4) is 0 Å². The number of aryl methyl sites for hydroxylation is 1. The van der Waals surface area contributed by atoms with Crippen LogP contribution in [0.5, 0.6) is 11.5 Å². The van der Waals surface area contributed by atoms with E-state index < -0.39 is 0 Å². The zero-order chi connectivity index (χ0) is 17.4. The molecule has 0 aliphatic rings. The van der Waals surface area contributed by atoms with Crippen LogP contribution in [0, 0.1) is 6.92 Å². The van der Waals surface area contributed by atoms with E-state index in [9.17, 15) is 4.79 Å². The lowest BCUT2D eigenvalue weighted by molar-refractivity contribution is -0.116. The second-order valence-corrected chi connectivity index (χ2v) is 5.45. The van der Waals surface area contributed by atoms with Crippen molar-refractivity contribution in [2.45, 2.75) is 26.7 Å². The maximum atomic E-state index is 12.0.